The Kier molecular flexibility index (Phi) is 8.36. The van der Waals surface area contributed by atoms with E-state index in [0.29, 0.717) is 5.56 Å². The molecule has 1 radical (unpaired) electrons. The summed E-state index contributed by atoms with van der Waals surface area (Å²) < 4.78 is 75.9. The van der Waals surface area contributed by atoms with E-state index in [-0.39, 0.29) is 54.3 Å². The third kappa shape index (κ3) is 6.90. The summed E-state index contributed by atoms with van der Waals surface area (Å²) in [5.74, 6) is 1.35. The van der Waals surface area contributed by atoms with Crippen LogP contribution >= 0.6 is 0 Å². The van der Waals surface area contributed by atoms with Gasteiger partial charge < -0.3 is 14.0 Å². The second-order valence-corrected chi connectivity index (χ2v) is 16.1. The fraction of sp³-hybridized carbons (Fsp3) is 0.158. The maximum atomic E-state index is 7.54. The van der Waals surface area contributed by atoms with Gasteiger partial charge in [-0.3, -0.25) is 4.98 Å². The van der Waals surface area contributed by atoms with Crippen molar-refractivity contribution in [1.82, 2.24) is 14.5 Å². The van der Waals surface area contributed by atoms with Crippen LogP contribution in [-0.2, 0) is 20.1 Å². The zero-order valence-corrected chi connectivity index (χ0v) is 37.0. The Labute approximate surface area is 389 Å². The maximum absolute atomic E-state index is 7.54. The first-order valence-electron chi connectivity index (χ1n) is 25.0. The normalized spacial score (nSPS) is 14.4. The molecule has 4 nitrogen and oxygen atoms in total. The molecule has 307 valence electrons. The molecule has 5 heteroatoms. The molecule has 0 N–H and O–H groups in total. The van der Waals surface area contributed by atoms with E-state index in [0.717, 1.165) is 50.6 Å². The molecule has 0 aliphatic heterocycles. The molecule has 0 bridgehead atoms. The summed E-state index contributed by atoms with van der Waals surface area (Å²) in [7, 11) is 0. The summed E-state index contributed by atoms with van der Waals surface area (Å²) in [4.78, 5) is 9.34. The molecule has 3 aromatic heterocycles. The third-order valence-electron chi connectivity index (χ3n) is 11.6. The number of hydrogen-bond donors (Lipinski definition) is 0. The minimum atomic E-state index is -2.61. The zero-order chi connectivity index (χ0) is 49.4. The summed E-state index contributed by atoms with van der Waals surface area (Å²) in [5, 5.41) is 9.96. The molecule has 11 rings (SSSR count). The van der Waals surface area contributed by atoms with E-state index in [1.54, 1.807) is 0 Å². The fourth-order valence-electron chi connectivity index (χ4n) is 8.82. The predicted octanol–water partition coefficient (Wildman–Crippen LogP) is 15.6. The van der Waals surface area contributed by atoms with Crippen molar-refractivity contribution in [3.8, 4) is 28.3 Å². The Bertz CT molecular complexity index is 3810. The number of imidazole rings is 1. The van der Waals surface area contributed by atoms with Crippen molar-refractivity contribution in [2.75, 3.05) is 0 Å². The molecule has 0 atom stereocenters. The predicted molar refractivity (Wildman–Crippen MR) is 256 cm³/mol. The van der Waals surface area contributed by atoms with Crippen LogP contribution in [0.25, 0.3) is 93.6 Å². The number of benzene rings is 8. The summed E-state index contributed by atoms with van der Waals surface area (Å²) in [6, 6.07) is 52.7. The van der Waals surface area contributed by atoms with Gasteiger partial charge in [-0.25, -0.2) is 0 Å². The van der Waals surface area contributed by atoms with Gasteiger partial charge in [-0.15, -0.1) is 53.6 Å². The molecule has 0 amide bonds. The number of hydrogen-bond acceptors (Lipinski definition) is 3. The smallest absolute Gasteiger partial charge is 0.120 e. The van der Waals surface area contributed by atoms with Gasteiger partial charge in [0, 0.05) is 49.7 Å². The van der Waals surface area contributed by atoms with E-state index >= 15 is 0 Å². The number of aromatic nitrogens is 3. The van der Waals surface area contributed by atoms with E-state index in [1.165, 1.54) is 73.4 Å². The summed E-state index contributed by atoms with van der Waals surface area (Å²) in [6.45, 7) is 1.81. The second kappa shape index (κ2) is 16.5. The quantitative estimate of drug-likeness (QED) is 0.127. The Morgan fingerprint density at radius 2 is 1.34 bits per heavy atom. The van der Waals surface area contributed by atoms with Gasteiger partial charge in [-0.2, -0.15) is 0 Å². The number of pyridine rings is 1. The summed E-state index contributed by atoms with van der Waals surface area (Å²) >= 11 is 0. The van der Waals surface area contributed by atoms with Crippen LogP contribution < -0.4 is 0 Å². The largest absolute Gasteiger partial charge is 0.501 e. The number of fused-ring (bicyclic) bond motifs is 10. The first kappa shape index (κ1) is 31.5. The number of rotatable bonds is 5. The van der Waals surface area contributed by atoms with E-state index in [4.69, 9.17) is 21.7 Å². The first-order valence-corrected chi connectivity index (χ1v) is 20.5. The van der Waals surface area contributed by atoms with Gasteiger partial charge in [0.15, 0.2) is 0 Å². The monoisotopic (exact) mass is 991 g/mol. The van der Waals surface area contributed by atoms with Crippen LogP contribution in [0.5, 0.6) is 0 Å². The van der Waals surface area contributed by atoms with Crippen molar-refractivity contribution in [3.63, 3.8) is 0 Å². The van der Waals surface area contributed by atoms with Gasteiger partial charge in [0.05, 0.1) is 22.4 Å². The van der Waals surface area contributed by atoms with E-state index in [1.807, 2.05) is 18.2 Å². The summed E-state index contributed by atoms with van der Waals surface area (Å²) in [5.41, 5.74) is 8.50. The SMILES string of the molecule is CC(C)c1cc2c3ccccc3c3ccccc3c2c(C(C)C)c1-n1c(-c2[c-]ccc3c2oc2ccccc23)nc2ccccc21.[2H]C([2H])([2H])c1c[c-]c(-c2cc(C([2H])([2H])[2H])c(C([2H])([2H])[2H])cn2)cc1.[Ir]. The van der Waals surface area contributed by atoms with Gasteiger partial charge in [-0.1, -0.05) is 136 Å². The molecule has 0 fully saturated rings. The van der Waals surface area contributed by atoms with Crippen LogP contribution in [0.3, 0.4) is 0 Å². The standard InChI is InChI=1S/C43H33N2O.C14H14N.Ir/c1-25(2)34-24-35-29-16-6-5-14-27(29)28-15-7-8-18-31(28)40(35)39(26(3)4)41(34)45-37-22-11-10-21-36(37)44-43(45)33-20-13-19-32-30-17-9-12-23-38(30)46-42(32)33;1-10-4-6-13(7-5-10)14-8-11(2)12(3)9-15-14;/h5-19,21-26H,1-4H3;4-6,8-9H,1-3H3;/q2*-1;/i;1D3,2D3,3D3;. The van der Waals surface area contributed by atoms with Crippen LogP contribution in [-0.4, -0.2) is 14.5 Å². The van der Waals surface area contributed by atoms with Gasteiger partial charge in [0.1, 0.15) is 5.58 Å². The van der Waals surface area contributed by atoms with Crippen molar-refractivity contribution in [3.05, 3.63) is 186 Å². The molecule has 8 aromatic carbocycles. The van der Waals surface area contributed by atoms with E-state index in [2.05, 4.69) is 146 Å². The van der Waals surface area contributed by atoms with Crippen molar-refractivity contribution >= 4 is 65.3 Å². The molecule has 0 saturated carbocycles. The molecular weight excluding hydrogens is 935 g/mol. The van der Waals surface area contributed by atoms with Crippen LogP contribution in [0.2, 0.25) is 0 Å². The molecule has 0 aliphatic carbocycles. The van der Waals surface area contributed by atoms with Crippen LogP contribution in [0, 0.1) is 32.7 Å². The average molecular weight is 991 g/mol. The molecular formula is C57H47IrN3O-2. The Balaban J connectivity index is 0.000000213. The number of nitrogens with zero attached hydrogens (tertiary/aromatic N) is 3. The van der Waals surface area contributed by atoms with Gasteiger partial charge in [-0.05, 0) is 105 Å². The van der Waals surface area contributed by atoms with Crippen LogP contribution in [0.15, 0.2) is 150 Å². The molecule has 0 unspecified atom stereocenters. The molecule has 11 aromatic rings. The number of aryl methyl sites for hydroxylation is 3. The topological polar surface area (TPSA) is 43.9 Å². The van der Waals surface area contributed by atoms with Gasteiger partial charge in [0.25, 0.3) is 0 Å². The van der Waals surface area contributed by atoms with E-state index in [9.17, 15) is 0 Å². The summed E-state index contributed by atoms with van der Waals surface area (Å²) in [6.07, 6.45) is 1.02. The second-order valence-electron chi connectivity index (χ2n) is 16.1. The molecule has 0 aliphatic rings. The third-order valence-corrected chi connectivity index (χ3v) is 11.6. The zero-order valence-electron chi connectivity index (χ0n) is 43.6. The number of para-hydroxylation sites is 3. The minimum Gasteiger partial charge on any atom is -0.501 e. The van der Waals surface area contributed by atoms with Crippen molar-refractivity contribution in [1.29, 1.82) is 0 Å². The van der Waals surface area contributed by atoms with Crippen LogP contribution in [0.4, 0.5) is 0 Å². The fourth-order valence-corrected chi connectivity index (χ4v) is 8.82. The Morgan fingerprint density at radius 3 is 2.05 bits per heavy atom. The number of furan rings is 1. The minimum absolute atomic E-state index is 0. The maximum Gasteiger partial charge on any atom is 0.120 e. The van der Waals surface area contributed by atoms with Crippen LogP contribution in [0.1, 0.15) is 79.7 Å². The molecule has 62 heavy (non-hydrogen) atoms. The van der Waals surface area contributed by atoms with Crippen molar-refractivity contribution < 1.29 is 36.9 Å². The molecule has 0 saturated heterocycles. The molecule has 0 spiro atoms. The van der Waals surface area contributed by atoms with Crippen molar-refractivity contribution in [2.45, 2.75) is 60.1 Å². The first-order chi connectivity index (χ1) is 33.3. The molecule has 3 heterocycles. The Morgan fingerprint density at radius 1 is 0.645 bits per heavy atom. The van der Waals surface area contributed by atoms with Gasteiger partial charge >= 0.3 is 0 Å². The van der Waals surface area contributed by atoms with Gasteiger partial charge in [0.2, 0.25) is 0 Å². The average Bonchev–Trinajstić information content (AvgIpc) is 3.91. The Hall–Kier alpha value is -6.39. The van der Waals surface area contributed by atoms with Crippen molar-refractivity contribution in [2.24, 2.45) is 0 Å². The van der Waals surface area contributed by atoms with E-state index < -0.39 is 20.6 Å².